The first kappa shape index (κ1) is 12.8. The van der Waals surface area contributed by atoms with Gasteiger partial charge in [0.1, 0.15) is 5.82 Å². The van der Waals surface area contributed by atoms with Crippen molar-refractivity contribution in [3.8, 4) is 0 Å². The lowest BCUT2D eigenvalue weighted by atomic mass is 9.94. The van der Waals surface area contributed by atoms with Gasteiger partial charge in [0.2, 0.25) is 0 Å². The van der Waals surface area contributed by atoms with Gasteiger partial charge in [-0.15, -0.1) is 0 Å². The van der Waals surface area contributed by atoms with Crippen LogP contribution in [0.4, 0.5) is 5.82 Å². The van der Waals surface area contributed by atoms with Gasteiger partial charge in [0, 0.05) is 17.5 Å². The first-order chi connectivity index (χ1) is 8.67. The summed E-state index contributed by atoms with van der Waals surface area (Å²) in [5, 5.41) is 4.50. The van der Waals surface area contributed by atoms with E-state index in [1.54, 1.807) is 0 Å². The van der Waals surface area contributed by atoms with Gasteiger partial charge in [0.15, 0.2) is 0 Å². The molecule has 0 aliphatic rings. The summed E-state index contributed by atoms with van der Waals surface area (Å²) < 4.78 is 0. The Morgan fingerprint density at radius 2 is 1.83 bits per heavy atom. The quantitative estimate of drug-likeness (QED) is 0.848. The van der Waals surface area contributed by atoms with Gasteiger partial charge in [-0.25, -0.2) is 4.98 Å². The number of benzene rings is 1. The molecule has 0 amide bonds. The van der Waals surface area contributed by atoms with Crippen LogP contribution in [0.5, 0.6) is 0 Å². The molecule has 0 aliphatic heterocycles. The summed E-state index contributed by atoms with van der Waals surface area (Å²) in [6.07, 6.45) is 1.92. The molecule has 0 aliphatic carbocycles. The predicted molar refractivity (Wildman–Crippen MR) is 77.7 cm³/mol. The topological polar surface area (TPSA) is 50.9 Å². The van der Waals surface area contributed by atoms with Crippen LogP contribution in [0.15, 0.2) is 36.4 Å². The molecule has 0 saturated heterocycles. The zero-order chi connectivity index (χ0) is 13.0. The van der Waals surface area contributed by atoms with Crippen LogP contribution in [0.2, 0.25) is 0 Å². The Morgan fingerprint density at radius 1 is 1.11 bits per heavy atom. The highest BCUT2D eigenvalue weighted by Gasteiger charge is 2.19. The third kappa shape index (κ3) is 2.79. The Balaban J connectivity index is 2.12. The highest BCUT2D eigenvalue weighted by Crippen LogP contribution is 2.16. The van der Waals surface area contributed by atoms with Gasteiger partial charge in [-0.2, -0.15) is 0 Å². The first-order valence-electron chi connectivity index (χ1n) is 6.55. The van der Waals surface area contributed by atoms with Crippen molar-refractivity contribution < 1.29 is 0 Å². The minimum Gasteiger partial charge on any atom is -0.368 e. The van der Waals surface area contributed by atoms with Crippen LogP contribution in [0.25, 0.3) is 10.9 Å². The van der Waals surface area contributed by atoms with Crippen molar-refractivity contribution in [3.63, 3.8) is 0 Å². The lowest BCUT2D eigenvalue weighted by Crippen LogP contribution is -2.45. The Labute approximate surface area is 108 Å². The maximum absolute atomic E-state index is 6.27. The molecule has 3 nitrogen and oxygen atoms in total. The smallest absolute Gasteiger partial charge is 0.126 e. The number of nitrogens with zero attached hydrogens (tertiary/aromatic N) is 1. The molecule has 0 fully saturated rings. The van der Waals surface area contributed by atoms with Crippen LogP contribution in [0.1, 0.15) is 26.7 Å². The minimum absolute atomic E-state index is 0.146. The van der Waals surface area contributed by atoms with Gasteiger partial charge >= 0.3 is 0 Å². The minimum atomic E-state index is -0.146. The lowest BCUT2D eigenvalue weighted by Gasteiger charge is -2.27. The van der Waals surface area contributed by atoms with Crippen LogP contribution >= 0.6 is 0 Å². The van der Waals surface area contributed by atoms with Crippen LogP contribution < -0.4 is 11.1 Å². The number of anilines is 1. The molecule has 1 aromatic heterocycles. The Kier molecular flexibility index (Phi) is 3.82. The fourth-order valence-corrected chi connectivity index (χ4v) is 1.93. The Hall–Kier alpha value is -1.61. The van der Waals surface area contributed by atoms with Crippen LogP contribution in [0, 0.1) is 0 Å². The van der Waals surface area contributed by atoms with Crippen molar-refractivity contribution in [2.24, 2.45) is 5.73 Å². The molecule has 3 heteroatoms. The average molecular weight is 243 g/mol. The highest BCUT2D eigenvalue weighted by molar-refractivity contribution is 5.80. The van der Waals surface area contributed by atoms with Crippen LogP contribution in [0.3, 0.4) is 0 Å². The van der Waals surface area contributed by atoms with Gasteiger partial charge in [-0.3, -0.25) is 0 Å². The normalized spacial score (nSPS) is 11.7. The third-order valence-corrected chi connectivity index (χ3v) is 3.63. The fraction of sp³-hybridized carbons (Fsp3) is 0.400. The largest absolute Gasteiger partial charge is 0.368 e. The monoisotopic (exact) mass is 243 g/mol. The molecule has 96 valence electrons. The molecule has 0 saturated carbocycles. The summed E-state index contributed by atoms with van der Waals surface area (Å²) in [6, 6.07) is 12.2. The standard InChI is InChI=1S/C15H21N3/c1-3-15(16,4-2)11-17-14-10-9-12-7-5-6-8-13(12)18-14/h5-10H,3-4,11,16H2,1-2H3,(H,17,18). The summed E-state index contributed by atoms with van der Waals surface area (Å²) in [6.45, 7) is 5.00. The lowest BCUT2D eigenvalue weighted by molar-refractivity contribution is 0.418. The van der Waals surface area contributed by atoms with E-state index in [4.69, 9.17) is 5.73 Å². The van der Waals surface area contributed by atoms with Crippen molar-refractivity contribution in [2.75, 3.05) is 11.9 Å². The van der Waals surface area contributed by atoms with E-state index in [1.165, 1.54) is 0 Å². The number of pyridine rings is 1. The number of hydrogen-bond acceptors (Lipinski definition) is 3. The molecule has 0 radical (unpaired) electrons. The molecule has 1 heterocycles. The van der Waals surface area contributed by atoms with Crippen LogP contribution in [-0.2, 0) is 0 Å². The summed E-state index contributed by atoms with van der Waals surface area (Å²) in [5.41, 5.74) is 7.13. The van der Waals surface area contributed by atoms with E-state index in [2.05, 4.69) is 36.3 Å². The second-order valence-corrected chi connectivity index (χ2v) is 4.81. The average Bonchev–Trinajstić information content (AvgIpc) is 2.44. The number of fused-ring (bicyclic) bond motifs is 1. The molecule has 3 N–H and O–H groups in total. The zero-order valence-corrected chi connectivity index (χ0v) is 11.1. The van der Waals surface area contributed by atoms with Gasteiger partial charge < -0.3 is 11.1 Å². The fourth-order valence-electron chi connectivity index (χ4n) is 1.93. The molecule has 2 aromatic rings. The van der Waals surface area contributed by atoms with Gasteiger partial charge in [0.25, 0.3) is 0 Å². The number of nitrogens with two attached hydrogens (primary N) is 1. The molecule has 0 bridgehead atoms. The van der Waals surface area contributed by atoms with E-state index in [-0.39, 0.29) is 5.54 Å². The number of nitrogens with one attached hydrogen (secondary N) is 1. The van der Waals surface area contributed by atoms with Gasteiger partial charge in [-0.05, 0) is 31.0 Å². The van der Waals surface area contributed by atoms with Crippen molar-refractivity contribution in [1.29, 1.82) is 0 Å². The zero-order valence-electron chi connectivity index (χ0n) is 11.1. The molecular formula is C15H21N3. The maximum atomic E-state index is 6.27. The highest BCUT2D eigenvalue weighted by atomic mass is 15.0. The third-order valence-electron chi connectivity index (χ3n) is 3.63. The molecule has 0 spiro atoms. The molecule has 0 unspecified atom stereocenters. The van der Waals surface area contributed by atoms with Gasteiger partial charge in [-0.1, -0.05) is 32.0 Å². The Bertz CT molecular complexity index is 518. The van der Waals surface area contributed by atoms with E-state index < -0.39 is 0 Å². The summed E-state index contributed by atoms with van der Waals surface area (Å²) >= 11 is 0. The summed E-state index contributed by atoms with van der Waals surface area (Å²) in [4.78, 5) is 4.58. The number of aromatic nitrogens is 1. The summed E-state index contributed by atoms with van der Waals surface area (Å²) in [7, 11) is 0. The van der Waals surface area contributed by atoms with Crippen molar-refractivity contribution in [1.82, 2.24) is 4.98 Å². The van der Waals surface area contributed by atoms with Gasteiger partial charge in [0.05, 0.1) is 5.52 Å². The maximum Gasteiger partial charge on any atom is 0.126 e. The van der Waals surface area contributed by atoms with E-state index in [0.29, 0.717) is 0 Å². The van der Waals surface area contributed by atoms with E-state index in [0.717, 1.165) is 36.1 Å². The molecule has 2 rings (SSSR count). The summed E-state index contributed by atoms with van der Waals surface area (Å²) in [5.74, 6) is 0.894. The predicted octanol–water partition coefficient (Wildman–Crippen LogP) is 3.16. The van der Waals surface area contributed by atoms with Crippen molar-refractivity contribution in [3.05, 3.63) is 36.4 Å². The molecule has 1 aromatic carbocycles. The molecular weight excluding hydrogens is 222 g/mol. The number of rotatable bonds is 5. The number of para-hydroxylation sites is 1. The van der Waals surface area contributed by atoms with E-state index in [9.17, 15) is 0 Å². The SMILES string of the molecule is CCC(N)(CC)CNc1ccc2ccccc2n1. The molecule has 18 heavy (non-hydrogen) atoms. The second kappa shape index (κ2) is 5.36. The molecule has 0 atom stereocenters. The Morgan fingerprint density at radius 3 is 2.56 bits per heavy atom. The number of hydrogen-bond donors (Lipinski definition) is 2. The first-order valence-corrected chi connectivity index (χ1v) is 6.55. The van der Waals surface area contributed by atoms with Crippen molar-refractivity contribution in [2.45, 2.75) is 32.2 Å². The second-order valence-electron chi connectivity index (χ2n) is 4.81. The van der Waals surface area contributed by atoms with E-state index >= 15 is 0 Å². The van der Waals surface area contributed by atoms with E-state index in [1.807, 2.05) is 24.3 Å². The van der Waals surface area contributed by atoms with Crippen molar-refractivity contribution >= 4 is 16.7 Å². The van der Waals surface area contributed by atoms with Crippen LogP contribution in [-0.4, -0.2) is 17.1 Å².